The molecule has 0 aromatic rings. The zero-order valence-corrected chi connectivity index (χ0v) is 28.4. The third-order valence-electron chi connectivity index (χ3n) is 6.72. The van der Waals surface area contributed by atoms with Crippen LogP contribution in [0.2, 0.25) is 0 Å². The Morgan fingerprint density at radius 1 is 0.531 bits per heavy atom. The van der Waals surface area contributed by atoms with Gasteiger partial charge in [-0.3, -0.25) is 33.6 Å². The molecule has 2 rings (SSSR count). The first kappa shape index (κ1) is 41.0. The Labute approximate surface area is 282 Å². The summed E-state index contributed by atoms with van der Waals surface area (Å²) in [5, 5.41) is 0. The molecule has 2 fully saturated rings. The van der Waals surface area contributed by atoms with Gasteiger partial charge in [-0.1, -0.05) is 6.08 Å². The summed E-state index contributed by atoms with van der Waals surface area (Å²) in [6, 6.07) is 0. The third kappa shape index (κ3) is 13.4. The predicted octanol–water partition coefficient (Wildman–Crippen LogP) is 0.589. The Bertz CT molecular complexity index is 1200. The molecule has 2 aliphatic rings. The minimum atomic E-state index is -1.77. The van der Waals surface area contributed by atoms with Crippen molar-refractivity contribution in [2.75, 3.05) is 19.8 Å². The lowest BCUT2D eigenvalue weighted by molar-refractivity contribution is -0.361. The van der Waals surface area contributed by atoms with E-state index in [4.69, 9.17) is 52.1 Å². The van der Waals surface area contributed by atoms with E-state index in [9.17, 15) is 33.6 Å². The average Bonchev–Trinajstić information content (AvgIpc) is 2.97. The number of esters is 7. The number of hydrogen-bond acceptors (Lipinski definition) is 18. The molecular weight excluding hydrogens is 660 g/mol. The average molecular weight is 705 g/mol. The summed E-state index contributed by atoms with van der Waals surface area (Å²) in [5.41, 5.74) is 0. The lowest BCUT2D eigenvalue weighted by atomic mass is 9.96. The highest BCUT2D eigenvalue weighted by atomic mass is 16.8. The summed E-state index contributed by atoms with van der Waals surface area (Å²) in [6.07, 6.45) is -12.4. The first-order valence-corrected chi connectivity index (χ1v) is 15.4. The molecule has 18 nitrogen and oxygen atoms in total. The normalized spacial score (nSPS) is 29.4. The fourth-order valence-corrected chi connectivity index (χ4v) is 5.03. The summed E-state index contributed by atoms with van der Waals surface area (Å²) in [5.74, 6) is -5.76. The molecule has 276 valence electrons. The van der Waals surface area contributed by atoms with Gasteiger partial charge in [0.25, 0.3) is 0 Å². The van der Waals surface area contributed by atoms with Gasteiger partial charge in [0.1, 0.15) is 31.5 Å². The Kier molecular flexibility index (Phi) is 16.6. The van der Waals surface area contributed by atoms with Crippen molar-refractivity contribution < 1.29 is 85.7 Å². The first-order chi connectivity index (χ1) is 23.0. The van der Waals surface area contributed by atoms with Crippen LogP contribution in [0, 0.1) is 0 Å². The minimum Gasteiger partial charge on any atom is -0.463 e. The second kappa shape index (κ2) is 19.8. The van der Waals surface area contributed by atoms with Crippen LogP contribution in [0.4, 0.5) is 0 Å². The number of ether oxygens (including phenoxy) is 11. The van der Waals surface area contributed by atoms with Crippen LogP contribution < -0.4 is 0 Å². The SMILES string of the molecule is C=CCCCO[C@@H]1OC(COC(C)=O)[C@H](O[C@@H]2OC(COC(C)=O)[C@H](OC(C)=O)[C@H](OC(C)=O)C2OC(C)=O)[C@@H](OC(C)=O)C1OC(C)=O. The molecule has 0 bridgehead atoms. The molecule has 2 aliphatic heterocycles. The van der Waals surface area contributed by atoms with E-state index < -0.39 is 116 Å². The van der Waals surface area contributed by atoms with Crippen molar-refractivity contribution in [3.63, 3.8) is 0 Å². The van der Waals surface area contributed by atoms with E-state index in [2.05, 4.69) is 6.58 Å². The standard InChI is InChI=1S/C31H44O18/c1-9-10-11-12-39-30-28(45-20(7)37)27(44-19(6)36)25(23(47-30)14-41-16(3)33)49-31-29(46-21(8)38)26(43-18(5)35)24(42-17(4)34)22(48-31)13-40-15(2)32/h9,22-31H,1,10-14H2,2-8H3/t22?,23?,24-,25-,26-,27+,28?,29?,30+,31-/m0/s1. The van der Waals surface area contributed by atoms with Gasteiger partial charge in [0.2, 0.25) is 0 Å². The van der Waals surface area contributed by atoms with Gasteiger partial charge in [-0.25, -0.2) is 0 Å². The summed E-state index contributed by atoms with van der Waals surface area (Å²) in [7, 11) is 0. The fraction of sp³-hybridized carbons (Fsp3) is 0.710. The van der Waals surface area contributed by atoms with Crippen molar-refractivity contribution in [3.8, 4) is 0 Å². The topological polar surface area (TPSA) is 221 Å². The number of hydrogen-bond donors (Lipinski definition) is 0. The second-order valence-electron chi connectivity index (χ2n) is 11.0. The molecule has 0 radical (unpaired) electrons. The van der Waals surface area contributed by atoms with Crippen molar-refractivity contribution in [1.29, 1.82) is 0 Å². The largest absolute Gasteiger partial charge is 0.463 e. The van der Waals surface area contributed by atoms with E-state index in [-0.39, 0.29) is 6.61 Å². The Balaban J connectivity index is 2.70. The lowest BCUT2D eigenvalue weighted by Crippen LogP contribution is -2.67. The van der Waals surface area contributed by atoms with Gasteiger partial charge in [0, 0.05) is 48.5 Å². The van der Waals surface area contributed by atoms with Gasteiger partial charge in [0.05, 0.1) is 6.61 Å². The van der Waals surface area contributed by atoms with Gasteiger partial charge in [-0.05, 0) is 12.8 Å². The predicted molar refractivity (Wildman–Crippen MR) is 159 cm³/mol. The zero-order valence-electron chi connectivity index (χ0n) is 28.4. The number of carbonyl (C=O) groups is 7. The molecule has 18 heteroatoms. The van der Waals surface area contributed by atoms with Crippen LogP contribution in [-0.4, -0.2) is 123 Å². The van der Waals surface area contributed by atoms with Gasteiger partial charge < -0.3 is 52.1 Å². The maximum atomic E-state index is 12.4. The van der Waals surface area contributed by atoms with Crippen molar-refractivity contribution in [3.05, 3.63) is 12.7 Å². The molecule has 0 saturated carbocycles. The quantitative estimate of drug-likeness (QED) is 0.0928. The molecule has 49 heavy (non-hydrogen) atoms. The second-order valence-corrected chi connectivity index (χ2v) is 11.0. The maximum absolute atomic E-state index is 12.4. The molecule has 0 spiro atoms. The van der Waals surface area contributed by atoms with E-state index in [0.717, 1.165) is 48.5 Å². The van der Waals surface area contributed by atoms with E-state index >= 15 is 0 Å². The Hall–Kier alpha value is -4.13. The fourth-order valence-electron chi connectivity index (χ4n) is 5.03. The smallest absolute Gasteiger partial charge is 0.303 e. The summed E-state index contributed by atoms with van der Waals surface area (Å²) < 4.78 is 61.9. The third-order valence-corrected chi connectivity index (χ3v) is 6.72. The molecule has 0 aliphatic carbocycles. The highest BCUT2D eigenvalue weighted by Crippen LogP contribution is 2.35. The summed E-state index contributed by atoms with van der Waals surface area (Å²) in [4.78, 5) is 85.0. The number of carbonyl (C=O) groups excluding carboxylic acids is 7. The van der Waals surface area contributed by atoms with Gasteiger partial charge >= 0.3 is 41.8 Å². The van der Waals surface area contributed by atoms with Crippen molar-refractivity contribution in [2.45, 2.75) is 123 Å². The summed E-state index contributed by atoms with van der Waals surface area (Å²) >= 11 is 0. The van der Waals surface area contributed by atoms with Gasteiger partial charge in [0.15, 0.2) is 43.1 Å². The monoisotopic (exact) mass is 704 g/mol. The zero-order chi connectivity index (χ0) is 36.8. The van der Waals surface area contributed by atoms with Gasteiger partial charge in [-0.2, -0.15) is 0 Å². The molecule has 0 aromatic carbocycles. The van der Waals surface area contributed by atoms with Crippen LogP contribution in [0.5, 0.6) is 0 Å². The van der Waals surface area contributed by atoms with Crippen LogP contribution in [0.25, 0.3) is 0 Å². The molecule has 0 N–H and O–H groups in total. The van der Waals surface area contributed by atoms with Crippen LogP contribution >= 0.6 is 0 Å². The maximum Gasteiger partial charge on any atom is 0.303 e. The highest BCUT2D eigenvalue weighted by molar-refractivity contribution is 5.69. The minimum absolute atomic E-state index is 0.0900. The van der Waals surface area contributed by atoms with Gasteiger partial charge in [-0.15, -0.1) is 6.58 Å². The van der Waals surface area contributed by atoms with Crippen molar-refractivity contribution in [2.24, 2.45) is 0 Å². The van der Waals surface area contributed by atoms with E-state index in [1.807, 2.05) is 0 Å². The van der Waals surface area contributed by atoms with Crippen molar-refractivity contribution in [1.82, 2.24) is 0 Å². The number of rotatable bonds is 16. The molecule has 0 amide bonds. The Morgan fingerprint density at radius 3 is 1.37 bits per heavy atom. The van der Waals surface area contributed by atoms with Crippen molar-refractivity contribution >= 4 is 41.8 Å². The molecule has 0 aromatic heterocycles. The lowest BCUT2D eigenvalue weighted by Gasteiger charge is -2.48. The molecular formula is C31H44O18. The van der Waals surface area contributed by atoms with Crippen LogP contribution in [0.3, 0.4) is 0 Å². The highest BCUT2D eigenvalue weighted by Gasteiger charge is 2.57. The van der Waals surface area contributed by atoms with Crippen LogP contribution in [0.1, 0.15) is 61.3 Å². The Morgan fingerprint density at radius 2 is 0.918 bits per heavy atom. The molecule has 10 atom stereocenters. The van der Waals surface area contributed by atoms with E-state index in [0.29, 0.717) is 12.8 Å². The summed E-state index contributed by atoms with van der Waals surface area (Å²) in [6.45, 7) is 10.2. The van der Waals surface area contributed by atoms with Crippen LogP contribution in [-0.2, 0) is 85.7 Å². The molecule has 4 unspecified atom stereocenters. The molecule has 2 heterocycles. The first-order valence-electron chi connectivity index (χ1n) is 15.4. The van der Waals surface area contributed by atoms with Crippen LogP contribution in [0.15, 0.2) is 12.7 Å². The van der Waals surface area contributed by atoms with E-state index in [1.165, 1.54) is 0 Å². The number of unbranched alkanes of at least 4 members (excludes halogenated alkanes) is 1. The van der Waals surface area contributed by atoms with E-state index in [1.54, 1.807) is 6.08 Å². The molecule has 2 saturated heterocycles. The number of allylic oxidation sites excluding steroid dienone is 1.